The van der Waals surface area contributed by atoms with Crippen molar-refractivity contribution in [2.24, 2.45) is 0 Å². The highest BCUT2D eigenvalue weighted by molar-refractivity contribution is 6.30. The van der Waals surface area contributed by atoms with Crippen molar-refractivity contribution in [3.8, 4) is 0 Å². The number of alkyl carbamates (subject to hydrolysis) is 1. The summed E-state index contributed by atoms with van der Waals surface area (Å²) in [5.41, 5.74) is -0.484. The Labute approximate surface area is 123 Å². The Morgan fingerprint density at radius 3 is 2.70 bits per heavy atom. The SMILES string of the molecule is CC(C)(C)OC(=O)N[C@H]1CCN(c2ncc(Cl)cn2)C1. The van der Waals surface area contributed by atoms with Crippen molar-refractivity contribution in [1.82, 2.24) is 15.3 Å². The predicted octanol–water partition coefficient (Wildman–Crippen LogP) is 2.23. The Bertz CT molecular complexity index is 472. The van der Waals surface area contributed by atoms with Crippen molar-refractivity contribution in [3.63, 3.8) is 0 Å². The third-order valence-corrected chi connectivity index (χ3v) is 2.99. The Kier molecular flexibility index (Phi) is 4.32. The first-order chi connectivity index (χ1) is 9.33. The van der Waals surface area contributed by atoms with Gasteiger partial charge in [-0.1, -0.05) is 11.6 Å². The Balaban J connectivity index is 1.86. The van der Waals surface area contributed by atoms with Crippen LogP contribution in [0.3, 0.4) is 0 Å². The zero-order valence-electron chi connectivity index (χ0n) is 11.9. The number of nitrogens with zero attached hydrogens (tertiary/aromatic N) is 3. The van der Waals surface area contributed by atoms with Crippen molar-refractivity contribution >= 4 is 23.6 Å². The van der Waals surface area contributed by atoms with Crippen LogP contribution >= 0.6 is 11.6 Å². The van der Waals surface area contributed by atoms with E-state index in [-0.39, 0.29) is 12.1 Å². The number of carbonyl (C=O) groups is 1. The van der Waals surface area contributed by atoms with E-state index in [4.69, 9.17) is 16.3 Å². The van der Waals surface area contributed by atoms with Crippen LogP contribution in [0.4, 0.5) is 10.7 Å². The maximum atomic E-state index is 11.7. The van der Waals surface area contributed by atoms with Crippen molar-refractivity contribution < 1.29 is 9.53 Å². The summed E-state index contributed by atoms with van der Waals surface area (Å²) in [6.45, 7) is 6.99. The second-order valence-corrected chi connectivity index (χ2v) is 6.22. The summed E-state index contributed by atoms with van der Waals surface area (Å²) < 4.78 is 5.24. The van der Waals surface area contributed by atoms with E-state index < -0.39 is 5.60 Å². The summed E-state index contributed by atoms with van der Waals surface area (Å²) in [5, 5.41) is 3.37. The molecule has 1 saturated heterocycles. The molecule has 1 aliphatic heterocycles. The van der Waals surface area contributed by atoms with E-state index in [0.29, 0.717) is 17.5 Å². The number of anilines is 1. The Morgan fingerprint density at radius 2 is 2.10 bits per heavy atom. The first-order valence-electron chi connectivity index (χ1n) is 6.55. The summed E-state index contributed by atoms with van der Waals surface area (Å²) in [7, 11) is 0. The number of rotatable bonds is 2. The molecule has 1 fully saturated rings. The van der Waals surface area contributed by atoms with Crippen LogP contribution in [-0.4, -0.2) is 40.8 Å². The van der Waals surface area contributed by atoms with Crippen LogP contribution < -0.4 is 10.2 Å². The van der Waals surface area contributed by atoms with E-state index in [9.17, 15) is 4.79 Å². The van der Waals surface area contributed by atoms with Gasteiger partial charge in [0.1, 0.15) is 5.60 Å². The van der Waals surface area contributed by atoms with Crippen LogP contribution in [0.25, 0.3) is 0 Å². The van der Waals surface area contributed by atoms with Gasteiger partial charge in [-0.15, -0.1) is 0 Å². The van der Waals surface area contributed by atoms with Gasteiger partial charge in [-0.2, -0.15) is 0 Å². The van der Waals surface area contributed by atoms with Gasteiger partial charge < -0.3 is 15.0 Å². The fourth-order valence-corrected chi connectivity index (χ4v) is 2.10. The number of hydrogen-bond acceptors (Lipinski definition) is 5. The zero-order valence-corrected chi connectivity index (χ0v) is 12.6. The molecule has 0 spiro atoms. The molecule has 1 aromatic rings. The van der Waals surface area contributed by atoms with E-state index >= 15 is 0 Å². The molecule has 20 heavy (non-hydrogen) atoms. The number of amides is 1. The average Bonchev–Trinajstić information content (AvgIpc) is 2.75. The molecular formula is C13H19ClN4O2. The van der Waals surface area contributed by atoms with Crippen molar-refractivity contribution in [1.29, 1.82) is 0 Å². The summed E-state index contributed by atoms with van der Waals surface area (Å²) >= 11 is 5.76. The molecule has 0 unspecified atom stereocenters. The van der Waals surface area contributed by atoms with E-state index in [1.807, 2.05) is 25.7 Å². The second-order valence-electron chi connectivity index (χ2n) is 5.78. The zero-order chi connectivity index (χ0) is 14.8. The molecule has 0 saturated carbocycles. The normalized spacial score (nSPS) is 19.0. The minimum Gasteiger partial charge on any atom is -0.444 e. The van der Waals surface area contributed by atoms with Gasteiger partial charge in [-0.05, 0) is 27.2 Å². The molecule has 110 valence electrons. The highest BCUT2D eigenvalue weighted by Crippen LogP contribution is 2.17. The standard InChI is InChI=1S/C13H19ClN4O2/c1-13(2,3)20-12(19)17-10-4-5-18(8-10)11-15-6-9(14)7-16-11/h6-7,10H,4-5,8H2,1-3H3,(H,17,19)/t10-/m0/s1. The van der Waals surface area contributed by atoms with Gasteiger partial charge in [0.25, 0.3) is 0 Å². The molecule has 0 aromatic carbocycles. The number of ether oxygens (including phenoxy) is 1. The van der Waals surface area contributed by atoms with Crippen LogP contribution in [0.15, 0.2) is 12.4 Å². The molecule has 6 nitrogen and oxygen atoms in total. The second kappa shape index (κ2) is 5.83. The van der Waals surface area contributed by atoms with Gasteiger partial charge in [0.05, 0.1) is 23.5 Å². The highest BCUT2D eigenvalue weighted by Gasteiger charge is 2.27. The van der Waals surface area contributed by atoms with Gasteiger partial charge in [0.15, 0.2) is 0 Å². The summed E-state index contributed by atoms with van der Waals surface area (Å²) in [5.74, 6) is 0.628. The Hall–Kier alpha value is -1.56. The lowest BCUT2D eigenvalue weighted by Crippen LogP contribution is -2.40. The number of halogens is 1. The molecule has 1 aliphatic rings. The maximum absolute atomic E-state index is 11.7. The summed E-state index contributed by atoms with van der Waals surface area (Å²) in [6, 6.07) is 0.0455. The van der Waals surface area contributed by atoms with Crippen LogP contribution in [0.5, 0.6) is 0 Å². The molecule has 1 atom stereocenters. The van der Waals surface area contributed by atoms with Crippen LogP contribution in [0, 0.1) is 0 Å². The lowest BCUT2D eigenvalue weighted by Gasteiger charge is -2.22. The number of hydrogen-bond donors (Lipinski definition) is 1. The quantitative estimate of drug-likeness (QED) is 0.907. The van der Waals surface area contributed by atoms with Crippen LogP contribution in [0.1, 0.15) is 27.2 Å². The minimum absolute atomic E-state index is 0.0455. The molecule has 1 amide bonds. The fourth-order valence-electron chi connectivity index (χ4n) is 2.00. The largest absolute Gasteiger partial charge is 0.444 e. The number of carbonyl (C=O) groups excluding carboxylic acids is 1. The van der Waals surface area contributed by atoms with Gasteiger partial charge in [0.2, 0.25) is 5.95 Å². The summed E-state index contributed by atoms with van der Waals surface area (Å²) in [4.78, 5) is 22.1. The molecule has 1 N–H and O–H groups in total. The molecule has 0 radical (unpaired) electrons. The van der Waals surface area contributed by atoms with E-state index in [0.717, 1.165) is 13.0 Å². The van der Waals surface area contributed by atoms with Crippen molar-refractivity contribution in [3.05, 3.63) is 17.4 Å². The molecular weight excluding hydrogens is 280 g/mol. The average molecular weight is 299 g/mol. The first kappa shape index (κ1) is 14.8. The topological polar surface area (TPSA) is 67.3 Å². The smallest absolute Gasteiger partial charge is 0.407 e. The molecule has 0 aliphatic carbocycles. The third-order valence-electron chi connectivity index (χ3n) is 2.80. The van der Waals surface area contributed by atoms with E-state index in [2.05, 4.69) is 15.3 Å². The first-order valence-corrected chi connectivity index (χ1v) is 6.93. The van der Waals surface area contributed by atoms with Crippen molar-refractivity contribution in [2.45, 2.75) is 38.8 Å². The molecule has 1 aromatic heterocycles. The number of aromatic nitrogens is 2. The number of nitrogens with one attached hydrogen (secondary N) is 1. The summed E-state index contributed by atoms with van der Waals surface area (Å²) in [6.07, 6.45) is 3.59. The minimum atomic E-state index is -0.484. The predicted molar refractivity (Wildman–Crippen MR) is 77.0 cm³/mol. The molecule has 7 heteroatoms. The van der Waals surface area contributed by atoms with Crippen molar-refractivity contribution in [2.75, 3.05) is 18.0 Å². The van der Waals surface area contributed by atoms with Gasteiger partial charge in [-0.25, -0.2) is 14.8 Å². The molecule has 0 bridgehead atoms. The van der Waals surface area contributed by atoms with Crippen LogP contribution in [-0.2, 0) is 4.74 Å². The Morgan fingerprint density at radius 1 is 1.45 bits per heavy atom. The lowest BCUT2D eigenvalue weighted by molar-refractivity contribution is 0.0509. The van der Waals surface area contributed by atoms with Gasteiger partial charge in [-0.3, -0.25) is 0 Å². The maximum Gasteiger partial charge on any atom is 0.407 e. The fraction of sp³-hybridized carbons (Fsp3) is 0.615. The lowest BCUT2D eigenvalue weighted by atomic mass is 10.2. The van der Waals surface area contributed by atoms with E-state index in [1.54, 1.807) is 12.4 Å². The van der Waals surface area contributed by atoms with Crippen LogP contribution in [0.2, 0.25) is 5.02 Å². The third kappa shape index (κ3) is 4.23. The van der Waals surface area contributed by atoms with Gasteiger partial charge >= 0.3 is 6.09 Å². The monoisotopic (exact) mass is 298 g/mol. The van der Waals surface area contributed by atoms with E-state index in [1.165, 1.54) is 0 Å². The molecule has 2 heterocycles. The molecule has 2 rings (SSSR count). The highest BCUT2D eigenvalue weighted by atomic mass is 35.5. The van der Waals surface area contributed by atoms with Gasteiger partial charge in [0, 0.05) is 13.1 Å².